The van der Waals surface area contributed by atoms with Gasteiger partial charge in [-0.2, -0.15) is 10.5 Å². The maximum atomic E-state index is 9.15. The summed E-state index contributed by atoms with van der Waals surface area (Å²) < 4.78 is 2.39. The number of nitrogens with zero attached hydrogens (tertiary/aromatic N) is 2. The van der Waals surface area contributed by atoms with Gasteiger partial charge in [-0.05, 0) is 105 Å². The zero-order valence-corrected chi connectivity index (χ0v) is 16.8. The first-order valence-corrected chi connectivity index (χ1v) is 9.62. The molecule has 4 heteroatoms. The van der Waals surface area contributed by atoms with Crippen molar-refractivity contribution in [2.45, 2.75) is 31.1 Å². The molecule has 0 aliphatic heterocycles. The normalized spacial score (nSPS) is 13.7. The van der Waals surface area contributed by atoms with E-state index >= 15 is 0 Å². The van der Waals surface area contributed by atoms with E-state index in [1.807, 2.05) is 0 Å². The molecule has 0 unspecified atom stereocenters. The Labute approximate surface area is 163 Å². The molecule has 0 spiro atoms. The van der Waals surface area contributed by atoms with Crippen molar-refractivity contribution in [2.24, 2.45) is 0 Å². The van der Waals surface area contributed by atoms with Crippen LogP contribution in [0.4, 0.5) is 0 Å². The van der Waals surface area contributed by atoms with Crippen molar-refractivity contribution in [3.8, 4) is 23.3 Å². The van der Waals surface area contributed by atoms with E-state index in [1.165, 1.54) is 29.4 Å². The van der Waals surface area contributed by atoms with Crippen molar-refractivity contribution in [3.05, 3.63) is 54.7 Å². The van der Waals surface area contributed by atoms with Gasteiger partial charge in [0.15, 0.2) is 0 Å². The maximum Gasteiger partial charge on any atom is 0.0622 e. The van der Waals surface area contributed by atoms with E-state index < -0.39 is 0 Å². The maximum absolute atomic E-state index is 9.15. The van der Waals surface area contributed by atoms with Crippen LogP contribution in [0.1, 0.15) is 36.8 Å². The van der Waals surface area contributed by atoms with Crippen molar-refractivity contribution >= 4 is 45.2 Å². The summed E-state index contributed by atoms with van der Waals surface area (Å²) >= 11 is 4.68. The molecule has 3 rings (SSSR count). The SMILES string of the molecule is N#CCCC1(CCC#N)c2cc(I)ccc2-c2ccc(I)cc21. The topological polar surface area (TPSA) is 47.6 Å². The first-order chi connectivity index (χ1) is 11.1. The van der Waals surface area contributed by atoms with Crippen LogP contribution in [-0.4, -0.2) is 0 Å². The second-order valence-electron chi connectivity index (χ2n) is 5.78. The minimum Gasteiger partial charge on any atom is -0.198 e. The number of rotatable bonds is 4. The van der Waals surface area contributed by atoms with E-state index in [2.05, 4.69) is 93.7 Å². The van der Waals surface area contributed by atoms with Crippen LogP contribution in [0.2, 0.25) is 0 Å². The Kier molecular flexibility index (Phi) is 4.93. The Hall–Kier alpha value is -1.12. The van der Waals surface area contributed by atoms with Gasteiger partial charge in [0.1, 0.15) is 0 Å². The zero-order chi connectivity index (χ0) is 16.4. The molecule has 0 bridgehead atoms. The monoisotopic (exact) mass is 524 g/mol. The van der Waals surface area contributed by atoms with Crippen LogP contribution < -0.4 is 0 Å². The Morgan fingerprint density at radius 1 is 0.783 bits per heavy atom. The fourth-order valence-electron chi connectivity index (χ4n) is 3.64. The quantitative estimate of drug-likeness (QED) is 0.478. The van der Waals surface area contributed by atoms with Gasteiger partial charge in [-0.25, -0.2) is 0 Å². The zero-order valence-electron chi connectivity index (χ0n) is 12.4. The lowest BCUT2D eigenvalue weighted by atomic mass is 9.71. The molecule has 0 atom stereocenters. The van der Waals surface area contributed by atoms with Gasteiger partial charge in [0.25, 0.3) is 0 Å². The molecule has 2 aromatic carbocycles. The smallest absolute Gasteiger partial charge is 0.0622 e. The van der Waals surface area contributed by atoms with Crippen LogP contribution in [0.5, 0.6) is 0 Å². The van der Waals surface area contributed by atoms with Crippen molar-refractivity contribution in [3.63, 3.8) is 0 Å². The van der Waals surface area contributed by atoms with E-state index in [0.717, 1.165) is 12.8 Å². The van der Waals surface area contributed by atoms with E-state index in [1.54, 1.807) is 0 Å². The lowest BCUT2D eigenvalue weighted by Crippen LogP contribution is -2.25. The Morgan fingerprint density at radius 2 is 1.22 bits per heavy atom. The molecule has 0 saturated heterocycles. The third-order valence-electron chi connectivity index (χ3n) is 4.61. The third kappa shape index (κ3) is 2.88. The summed E-state index contributed by atoms with van der Waals surface area (Å²) in [6, 6.07) is 17.7. The second-order valence-corrected chi connectivity index (χ2v) is 8.27. The number of nitriles is 2. The van der Waals surface area contributed by atoms with Gasteiger partial charge in [0, 0.05) is 25.4 Å². The van der Waals surface area contributed by atoms with Crippen molar-refractivity contribution in [1.82, 2.24) is 0 Å². The van der Waals surface area contributed by atoms with E-state index in [-0.39, 0.29) is 5.41 Å². The minimum atomic E-state index is -0.210. The molecule has 2 nitrogen and oxygen atoms in total. The molecule has 1 aliphatic carbocycles. The molecule has 0 heterocycles. The summed E-state index contributed by atoms with van der Waals surface area (Å²) in [6.45, 7) is 0. The lowest BCUT2D eigenvalue weighted by Gasteiger charge is -2.31. The molecular weight excluding hydrogens is 510 g/mol. The highest BCUT2D eigenvalue weighted by Gasteiger charge is 2.42. The Balaban J connectivity index is 2.28. The third-order valence-corrected chi connectivity index (χ3v) is 5.95. The standard InChI is InChI=1S/C19H14I2N2/c20-13-3-5-15-16-6-4-14(21)12-18(16)19(7-1-9-22,8-2-10-23)17(15)11-13/h3-6,11-12H,1-2,7-8H2. The van der Waals surface area contributed by atoms with Gasteiger partial charge < -0.3 is 0 Å². The predicted molar refractivity (Wildman–Crippen MR) is 108 cm³/mol. The number of benzene rings is 2. The Bertz CT molecular complexity index is 772. The molecule has 0 aromatic heterocycles. The number of hydrogen-bond acceptors (Lipinski definition) is 2. The molecule has 23 heavy (non-hydrogen) atoms. The second kappa shape index (κ2) is 6.78. The van der Waals surface area contributed by atoms with Gasteiger partial charge in [-0.15, -0.1) is 0 Å². The molecule has 0 saturated carbocycles. The predicted octanol–water partition coefficient (Wildman–Crippen LogP) is 5.77. The van der Waals surface area contributed by atoms with Gasteiger partial charge in [-0.3, -0.25) is 0 Å². The van der Waals surface area contributed by atoms with Crippen LogP contribution in [0, 0.1) is 29.8 Å². The lowest BCUT2D eigenvalue weighted by molar-refractivity contribution is 0.457. The first kappa shape index (κ1) is 16.7. The molecule has 0 fully saturated rings. The van der Waals surface area contributed by atoms with Gasteiger partial charge >= 0.3 is 0 Å². The van der Waals surface area contributed by atoms with Crippen molar-refractivity contribution < 1.29 is 0 Å². The molecule has 114 valence electrons. The van der Waals surface area contributed by atoms with Crippen LogP contribution >= 0.6 is 45.2 Å². The molecular formula is C19H14I2N2. The summed E-state index contributed by atoms with van der Waals surface area (Å²) in [4.78, 5) is 0. The summed E-state index contributed by atoms with van der Waals surface area (Å²) in [7, 11) is 0. The molecule has 0 N–H and O–H groups in total. The Morgan fingerprint density at radius 3 is 1.61 bits per heavy atom. The highest BCUT2D eigenvalue weighted by atomic mass is 127. The first-order valence-electron chi connectivity index (χ1n) is 7.47. The molecule has 1 aliphatic rings. The van der Waals surface area contributed by atoms with Crippen LogP contribution in [-0.2, 0) is 5.41 Å². The fraction of sp³-hybridized carbons (Fsp3) is 0.263. The summed E-state index contributed by atoms with van der Waals surface area (Å²) in [5.41, 5.74) is 4.87. The highest BCUT2D eigenvalue weighted by molar-refractivity contribution is 14.1. The van der Waals surface area contributed by atoms with Crippen molar-refractivity contribution in [2.75, 3.05) is 0 Å². The van der Waals surface area contributed by atoms with E-state index in [4.69, 9.17) is 10.5 Å². The highest BCUT2D eigenvalue weighted by Crippen LogP contribution is 2.54. The minimum absolute atomic E-state index is 0.210. The van der Waals surface area contributed by atoms with E-state index in [9.17, 15) is 0 Å². The summed E-state index contributed by atoms with van der Waals surface area (Å²) in [5, 5.41) is 18.3. The van der Waals surface area contributed by atoms with Crippen LogP contribution in [0.25, 0.3) is 11.1 Å². The largest absolute Gasteiger partial charge is 0.198 e. The number of hydrogen-bond donors (Lipinski definition) is 0. The fourth-order valence-corrected chi connectivity index (χ4v) is 4.62. The average molecular weight is 524 g/mol. The molecule has 0 amide bonds. The summed E-state index contributed by atoms with van der Waals surface area (Å²) in [5.74, 6) is 0. The van der Waals surface area contributed by atoms with Gasteiger partial charge in [-0.1, -0.05) is 12.1 Å². The van der Waals surface area contributed by atoms with Gasteiger partial charge in [0.05, 0.1) is 12.1 Å². The number of halogens is 2. The van der Waals surface area contributed by atoms with Crippen LogP contribution in [0.3, 0.4) is 0 Å². The number of fused-ring (bicyclic) bond motifs is 3. The average Bonchev–Trinajstić information content (AvgIpc) is 2.80. The van der Waals surface area contributed by atoms with Gasteiger partial charge in [0.2, 0.25) is 0 Å². The molecule has 2 aromatic rings. The van der Waals surface area contributed by atoms with Crippen molar-refractivity contribution in [1.29, 1.82) is 10.5 Å². The molecule has 0 radical (unpaired) electrons. The van der Waals surface area contributed by atoms with Crippen LogP contribution in [0.15, 0.2) is 36.4 Å². The summed E-state index contributed by atoms with van der Waals surface area (Å²) in [6.07, 6.45) is 2.54. The van der Waals surface area contributed by atoms with E-state index in [0.29, 0.717) is 12.8 Å².